The van der Waals surface area contributed by atoms with Crippen LogP contribution >= 0.6 is 24.0 Å². The van der Waals surface area contributed by atoms with Crippen LogP contribution in [0, 0.1) is 0 Å². The smallest absolute Gasteiger partial charge is 0 e. The van der Waals surface area contributed by atoms with Gasteiger partial charge in [0.15, 0.2) is 0 Å². The Kier molecular flexibility index (Phi) is 4.04. The number of halogens is 1. The second-order valence-corrected chi connectivity index (χ2v) is 3.61. The van der Waals surface area contributed by atoms with E-state index in [-0.39, 0.29) is 28.9 Å². The molecule has 1 radical (unpaired) electrons. The summed E-state index contributed by atoms with van der Waals surface area (Å²) in [5, 5.41) is 0. The summed E-state index contributed by atoms with van der Waals surface area (Å²) in [6.07, 6.45) is 4.09. The second kappa shape index (κ2) is 4.85. The molecule has 0 bridgehead atoms. The van der Waals surface area contributed by atoms with Crippen molar-refractivity contribution >= 4 is 34.9 Å². The van der Waals surface area contributed by atoms with Crippen LogP contribution in [-0.2, 0) is 18.8 Å². The summed E-state index contributed by atoms with van der Waals surface area (Å²) >= 11 is 1.01. The van der Waals surface area contributed by atoms with E-state index in [2.05, 4.69) is 18.2 Å². The molecule has 0 N–H and O–H groups in total. The molecular weight excluding hydrogens is 322 g/mol. The third-order valence-electron chi connectivity index (χ3n) is 1.84. The standard InChI is InChI=1S/C9H7.CO.I.Ni/c1-2-5-9-7-3-6-8(9)4-1;1-2;;/h1-7H;;;. The molecular formula is C10H7INiO. The maximum Gasteiger partial charge on any atom is 0 e. The summed E-state index contributed by atoms with van der Waals surface area (Å²) in [5.41, 5.74) is 2.44. The van der Waals surface area contributed by atoms with E-state index in [1.165, 1.54) is 11.1 Å². The minimum Gasteiger partial charge on any atom is 0 e. The maximum absolute atomic E-state index is 10.2. The Morgan fingerprint density at radius 2 is 2.08 bits per heavy atom. The Morgan fingerprint density at radius 3 is 2.85 bits per heavy atom. The van der Waals surface area contributed by atoms with Gasteiger partial charge in [-0.25, -0.2) is 0 Å². The van der Waals surface area contributed by atoms with E-state index in [1.807, 2.05) is 23.1 Å². The first kappa shape index (κ1) is 10.8. The van der Waals surface area contributed by atoms with Gasteiger partial charge < -0.3 is 0 Å². The van der Waals surface area contributed by atoms with Crippen molar-refractivity contribution in [2.75, 3.05) is 0 Å². The number of hydrogen-bond acceptors (Lipinski definition) is 1. The van der Waals surface area contributed by atoms with Gasteiger partial charge in [0.25, 0.3) is 0 Å². The summed E-state index contributed by atoms with van der Waals surface area (Å²) in [5.74, 6) is 0. The van der Waals surface area contributed by atoms with Crippen LogP contribution in [0.25, 0.3) is 6.08 Å². The molecule has 0 saturated heterocycles. The van der Waals surface area contributed by atoms with Crippen LogP contribution < -0.4 is 0 Å². The van der Waals surface area contributed by atoms with Crippen molar-refractivity contribution in [1.29, 1.82) is 0 Å². The van der Waals surface area contributed by atoms with Crippen LogP contribution in [0.3, 0.4) is 0 Å². The van der Waals surface area contributed by atoms with Crippen molar-refractivity contribution in [2.24, 2.45) is 0 Å². The molecule has 1 aliphatic rings. The molecule has 3 heteroatoms. The number of rotatable bonds is 1. The Morgan fingerprint density at radius 1 is 1.31 bits per heavy atom. The Balaban J connectivity index is 0.000000845. The molecule has 0 aromatic heterocycles. The van der Waals surface area contributed by atoms with Crippen LogP contribution in [0.4, 0.5) is 0 Å². The van der Waals surface area contributed by atoms with Crippen molar-refractivity contribution in [3.8, 4) is 0 Å². The number of carbonyl (C=O) groups excluding carboxylic acids is 1. The number of allylic oxidation sites excluding steroid dienone is 1. The summed E-state index contributed by atoms with van der Waals surface area (Å²) in [6.45, 7) is 0. The van der Waals surface area contributed by atoms with Crippen LogP contribution in [0.1, 0.15) is 16.0 Å². The van der Waals surface area contributed by atoms with Gasteiger partial charge in [0.05, 0.1) is 0 Å². The quantitative estimate of drug-likeness (QED) is 0.572. The third kappa shape index (κ3) is 2.16. The molecule has 1 atom stereocenters. The zero-order valence-electron chi connectivity index (χ0n) is 6.64. The predicted molar refractivity (Wildman–Crippen MR) is 57.9 cm³/mol. The van der Waals surface area contributed by atoms with Gasteiger partial charge in [-0.15, -0.1) is 0 Å². The molecule has 0 spiro atoms. The topological polar surface area (TPSA) is 17.1 Å². The van der Waals surface area contributed by atoms with Crippen molar-refractivity contribution in [2.45, 2.75) is 4.89 Å². The predicted octanol–water partition coefficient (Wildman–Crippen LogP) is 2.79. The van der Waals surface area contributed by atoms with Gasteiger partial charge in [0, 0.05) is 24.0 Å². The monoisotopic (exact) mass is 328 g/mol. The molecule has 70 valence electrons. The average molecular weight is 329 g/mol. The van der Waals surface area contributed by atoms with Crippen LogP contribution in [0.5, 0.6) is 0 Å². The Labute approximate surface area is 99.6 Å². The Hall–Kier alpha value is -0.236. The van der Waals surface area contributed by atoms with Crippen LogP contribution in [-0.4, -0.2) is 4.86 Å². The molecule has 13 heavy (non-hydrogen) atoms. The number of fused-ring (bicyclic) bond motifs is 1. The minimum atomic E-state index is 0. The zero-order chi connectivity index (χ0) is 8.39. The first-order chi connectivity index (χ1) is 5.92. The summed E-state index contributed by atoms with van der Waals surface area (Å²) in [4.78, 5) is 12.3. The van der Waals surface area contributed by atoms with Gasteiger partial charge in [-0.3, -0.25) is 0 Å². The van der Waals surface area contributed by atoms with E-state index in [1.54, 1.807) is 0 Å². The fraction of sp³-hybridized carbons (Fsp3) is 0.100. The van der Waals surface area contributed by atoms with Crippen molar-refractivity contribution < 1.29 is 18.8 Å². The summed E-state index contributed by atoms with van der Waals surface area (Å²) in [6, 6.07) is 8.10. The molecule has 0 saturated carbocycles. The number of hydrogen-bond donors (Lipinski definition) is 0. The largest absolute Gasteiger partial charge is 0 e. The van der Waals surface area contributed by atoms with Gasteiger partial charge in [0.1, 0.15) is 0 Å². The molecule has 0 heterocycles. The van der Waals surface area contributed by atoms with E-state index in [0.717, 1.165) is 14.0 Å². The van der Waals surface area contributed by atoms with E-state index >= 15 is 0 Å². The van der Waals surface area contributed by atoms with Gasteiger partial charge in [0.2, 0.25) is 0 Å². The first-order valence-electron chi connectivity index (χ1n) is 3.62. The Bertz CT molecular complexity index is 380. The van der Waals surface area contributed by atoms with Crippen LogP contribution in [0.2, 0.25) is 0 Å². The van der Waals surface area contributed by atoms with E-state index < -0.39 is 0 Å². The number of benzene rings is 1. The van der Waals surface area contributed by atoms with Gasteiger partial charge in [-0.2, -0.15) is 0 Å². The van der Waals surface area contributed by atoms with Crippen molar-refractivity contribution in [1.82, 2.24) is 0 Å². The molecule has 0 amide bonds. The summed E-state index contributed by atoms with van der Waals surface area (Å²) < 4.78 is 0. The second-order valence-electron chi connectivity index (χ2n) is 2.51. The molecule has 1 aromatic rings. The SMILES string of the molecule is O=[C]=[Ni][CH]1C=Cc2ccccc21.[I]. The van der Waals surface area contributed by atoms with E-state index in [4.69, 9.17) is 0 Å². The molecule has 1 aliphatic carbocycles. The molecule has 0 fully saturated rings. The van der Waals surface area contributed by atoms with E-state index in [9.17, 15) is 4.79 Å². The van der Waals surface area contributed by atoms with Gasteiger partial charge >= 0.3 is 76.1 Å². The normalized spacial score (nSPS) is 17.7. The molecule has 1 unspecified atom stereocenters. The van der Waals surface area contributed by atoms with Crippen molar-refractivity contribution in [3.05, 3.63) is 41.5 Å². The van der Waals surface area contributed by atoms with E-state index in [0.29, 0.717) is 0 Å². The molecule has 1 aromatic carbocycles. The molecule has 0 aliphatic heterocycles. The first-order valence-corrected chi connectivity index (χ1v) is 4.68. The van der Waals surface area contributed by atoms with Crippen LogP contribution in [0.15, 0.2) is 30.3 Å². The fourth-order valence-corrected chi connectivity index (χ4v) is 2.03. The van der Waals surface area contributed by atoms with Gasteiger partial charge in [-0.05, 0) is 0 Å². The fourth-order valence-electron chi connectivity index (χ4n) is 1.30. The van der Waals surface area contributed by atoms with Crippen molar-refractivity contribution in [3.63, 3.8) is 0 Å². The third-order valence-corrected chi connectivity index (χ3v) is 2.76. The molecule has 2 rings (SSSR count). The summed E-state index contributed by atoms with van der Waals surface area (Å²) in [7, 11) is 0. The zero-order valence-corrected chi connectivity index (χ0v) is 9.79. The maximum atomic E-state index is 10.2. The average Bonchev–Trinajstić information content (AvgIpc) is 2.50. The molecule has 1 nitrogen and oxygen atoms in total. The van der Waals surface area contributed by atoms with Gasteiger partial charge in [-0.1, -0.05) is 0 Å². The minimum absolute atomic E-state index is 0.